The van der Waals surface area contributed by atoms with E-state index in [9.17, 15) is 5.11 Å². The van der Waals surface area contributed by atoms with Gasteiger partial charge in [-0.2, -0.15) is 0 Å². The number of aryl methyl sites for hydroxylation is 1. The monoisotopic (exact) mass is 167 g/mol. The first kappa shape index (κ1) is 9.03. The van der Waals surface area contributed by atoms with Crippen molar-refractivity contribution in [1.82, 2.24) is 0 Å². The highest BCUT2D eigenvalue weighted by atomic mass is 16.3. The third kappa shape index (κ3) is 1.75. The summed E-state index contributed by atoms with van der Waals surface area (Å²) >= 11 is 0. The van der Waals surface area contributed by atoms with E-state index in [0.29, 0.717) is 5.56 Å². The van der Waals surface area contributed by atoms with Crippen molar-refractivity contribution < 1.29 is 10.2 Å². The molecular weight excluding hydrogens is 154 g/mol. The second-order valence-corrected chi connectivity index (χ2v) is 2.85. The molecule has 0 heterocycles. The molecule has 0 aliphatic rings. The highest BCUT2D eigenvalue weighted by Gasteiger charge is 2.08. The maximum Gasteiger partial charge on any atom is 0.120 e. The Morgan fingerprint density at radius 3 is 2.75 bits per heavy atom. The number of phenolic OH excluding ortho intramolecular Hbond substituents is 1. The molecule has 0 bridgehead atoms. The first-order chi connectivity index (χ1) is 5.65. The molecule has 0 amide bonds. The fourth-order valence-corrected chi connectivity index (χ4v) is 1.07. The van der Waals surface area contributed by atoms with Crippen LogP contribution in [0.4, 0.5) is 0 Å². The topological polar surface area (TPSA) is 66.5 Å². The molecule has 0 aliphatic carbocycles. The van der Waals surface area contributed by atoms with Gasteiger partial charge >= 0.3 is 0 Å². The minimum absolute atomic E-state index is 0.141. The quantitative estimate of drug-likeness (QED) is 0.607. The zero-order chi connectivity index (χ0) is 9.14. The molecule has 0 saturated carbocycles. The summed E-state index contributed by atoms with van der Waals surface area (Å²) in [4.78, 5) is 0. The van der Waals surface area contributed by atoms with Gasteiger partial charge in [-0.1, -0.05) is 17.7 Å². The highest BCUT2D eigenvalue weighted by Crippen LogP contribution is 2.23. The lowest BCUT2D eigenvalue weighted by Crippen LogP contribution is -2.14. The molecule has 1 aromatic rings. The number of phenols is 1. The fourth-order valence-electron chi connectivity index (χ4n) is 1.07. The van der Waals surface area contributed by atoms with Gasteiger partial charge < -0.3 is 15.9 Å². The normalized spacial score (nSPS) is 12.9. The smallest absolute Gasteiger partial charge is 0.120 e. The molecule has 4 N–H and O–H groups in total. The van der Waals surface area contributed by atoms with Gasteiger partial charge in [0.2, 0.25) is 0 Å². The third-order valence-electron chi connectivity index (χ3n) is 1.78. The van der Waals surface area contributed by atoms with Gasteiger partial charge in [0.05, 0.1) is 12.6 Å². The van der Waals surface area contributed by atoms with E-state index >= 15 is 0 Å². The van der Waals surface area contributed by atoms with Crippen LogP contribution in [0.3, 0.4) is 0 Å². The van der Waals surface area contributed by atoms with Gasteiger partial charge in [0.15, 0.2) is 0 Å². The van der Waals surface area contributed by atoms with Crippen LogP contribution >= 0.6 is 0 Å². The van der Waals surface area contributed by atoms with Crippen molar-refractivity contribution in [3.63, 3.8) is 0 Å². The van der Waals surface area contributed by atoms with Crippen molar-refractivity contribution in [3.05, 3.63) is 29.3 Å². The Morgan fingerprint density at radius 1 is 1.50 bits per heavy atom. The van der Waals surface area contributed by atoms with E-state index in [4.69, 9.17) is 10.8 Å². The number of benzene rings is 1. The molecule has 0 unspecified atom stereocenters. The van der Waals surface area contributed by atoms with Gasteiger partial charge in [-0.25, -0.2) is 0 Å². The molecule has 66 valence electrons. The minimum Gasteiger partial charge on any atom is -0.508 e. The summed E-state index contributed by atoms with van der Waals surface area (Å²) in [6.45, 7) is 1.75. The van der Waals surface area contributed by atoms with Crippen LogP contribution < -0.4 is 5.73 Å². The summed E-state index contributed by atoms with van der Waals surface area (Å²) in [5.41, 5.74) is 7.17. The van der Waals surface area contributed by atoms with Crippen LogP contribution in [0.25, 0.3) is 0 Å². The van der Waals surface area contributed by atoms with E-state index in [-0.39, 0.29) is 12.4 Å². The molecule has 0 radical (unpaired) electrons. The Kier molecular flexibility index (Phi) is 2.68. The molecule has 0 fully saturated rings. The molecule has 3 nitrogen and oxygen atoms in total. The summed E-state index contributed by atoms with van der Waals surface area (Å²) < 4.78 is 0. The highest BCUT2D eigenvalue weighted by molar-refractivity contribution is 5.37. The van der Waals surface area contributed by atoms with Crippen LogP contribution in [0.2, 0.25) is 0 Å². The number of aromatic hydroxyl groups is 1. The lowest BCUT2D eigenvalue weighted by molar-refractivity contribution is 0.265. The van der Waals surface area contributed by atoms with Gasteiger partial charge in [-0.3, -0.25) is 0 Å². The number of aliphatic hydroxyl groups is 1. The zero-order valence-electron chi connectivity index (χ0n) is 6.99. The van der Waals surface area contributed by atoms with Crippen LogP contribution in [0.1, 0.15) is 17.2 Å². The van der Waals surface area contributed by atoms with E-state index < -0.39 is 6.04 Å². The molecule has 3 heteroatoms. The average Bonchev–Trinajstić information content (AvgIpc) is 2.08. The first-order valence-electron chi connectivity index (χ1n) is 3.81. The summed E-state index contributed by atoms with van der Waals surface area (Å²) in [5.74, 6) is 0.141. The maximum atomic E-state index is 9.35. The molecule has 0 aromatic heterocycles. The SMILES string of the molecule is Cc1ccc(O)c([C@H](N)CO)c1. The Labute approximate surface area is 71.5 Å². The molecule has 0 aliphatic heterocycles. The van der Waals surface area contributed by atoms with E-state index in [0.717, 1.165) is 5.56 Å². The van der Waals surface area contributed by atoms with Gasteiger partial charge in [-0.05, 0) is 13.0 Å². The molecule has 0 saturated heterocycles. The third-order valence-corrected chi connectivity index (χ3v) is 1.78. The van der Waals surface area contributed by atoms with Crippen LogP contribution in [-0.4, -0.2) is 16.8 Å². The number of hydrogen-bond acceptors (Lipinski definition) is 3. The van der Waals surface area contributed by atoms with E-state index in [1.165, 1.54) is 0 Å². The molecule has 1 rings (SSSR count). The zero-order valence-corrected chi connectivity index (χ0v) is 6.99. The lowest BCUT2D eigenvalue weighted by Gasteiger charge is -2.10. The van der Waals surface area contributed by atoms with E-state index in [1.807, 2.05) is 6.92 Å². The molecular formula is C9H13NO2. The predicted molar refractivity (Wildman–Crippen MR) is 46.9 cm³/mol. The Balaban J connectivity index is 3.04. The average molecular weight is 167 g/mol. The summed E-state index contributed by atoms with van der Waals surface area (Å²) in [6, 6.07) is 4.66. The minimum atomic E-state index is -0.495. The number of rotatable bonds is 2. The molecule has 1 aromatic carbocycles. The van der Waals surface area contributed by atoms with Gasteiger partial charge in [0.1, 0.15) is 5.75 Å². The number of nitrogens with two attached hydrogens (primary N) is 1. The Bertz CT molecular complexity index is 273. The van der Waals surface area contributed by atoms with Gasteiger partial charge in [0, 0.05) is 5.56 Å². The summed E-state index contributed by atoms with van der Waals surface area (Å²) in [7, 11) is 0. The summed E-state index contributed by atoms with van der Waals surface area (Å²) in [5, 5.41) is 18.1. The molecule has 12 heavy (non-hydrogen) atoms. The second-order valence-electron chi connectivity index (χ2n) is 2.85. The van der Waals surface area contributed by atoms with Crippen LogP contribution in [0.5, 0.6) is 5.75 Å². The Hall–Kier alpha value is -1.06. The summed E-state index contributed by atoms with van der Waals surface area (Å²) in [6.07, 6.45) is 0. The predicted octanol–water partition coefficient (Wildman–Crippen LogP) is 0.693. The van der Waals surface area contributed by atoms with Crippen molar-refractivity contribution in [2.24, 2.45) is 5.73 Å². The largest absolute Gasteiger partial charge is 0.508 e. The van der Waals surface area contributed by atoms with Crippen LogP contribution in [0.15, 0.2) is 18.2 Å². The fraction of sp³-hybridized carbons (Fsp3) is 0.333. The first-order valence-corrected chi connectivity index (χ1v) is 3.81. The second kappa shape index (κ2) is 3.56. The molecule has 0 spiro atoms. The van der Waals surface area contributed by atoms with E-state index in [1.54, 1.807) is 18.2 Å². The van der Waals surface area contributed by atoms with Gasteiger partial charge in [0.25, 0.3) is 0 Å². The van der Waals surface area contributed by atoms with Crippen molar-refractivity contribution >= 4 is 0 Å². The number of aliphatic hydroxyl groups excluding tert-OH is 1. The van der Waals surface area contributed by atoms with Crippen molar-refractivity contribution in [2.45, 2.75) is 13.0 Å². The van der Waals surface area contributed by atoms with Crippen LogP contribution in [-0.2, 0) is 0 Å². The number of hydrogen-bond donors (Lipinski definition) is 3. The Morgan fingerprint density at radius 2 is 2.17 bits per heavy atom. The van der Waals surface area contributed by atoms with Gasteiger partial charge in [-0.15, -0.1) is 0 Å². The maximum absolute atomic E-state index is 9.35. The van der Waals surface area contributed by atoms with Crippen molar-refractivity contribution in [1.29, 1.82) is 0 Å². The van der Waals surface area contributed by atoms with Crippen molar-refractivity contribution in [3.8, 4) is 5.75 Å². The standard InChI is InChI=1S/C9H13NO2/c1-6-2-3-9(12)7(4-6)8(10)5-11/h2-4,8,11-12H,5,10H2,1H3/t8-/m1/s1. The van der Waals surface area contributed by atoms with Crippen LogP contribution in [0, 0.1) is 6.92 Å². The van der Waals surface area contributed by atoms with E-state index in [2.05, 4.69) is 0 Å². The molecule has 1 atom stereocenters. The van der Waals surface area contributed by atoms with Crippen molar-refractivity contribution in [2.75, 3.05) is 6.61 Å². The lowest BCUT2D eigenvalue weighted by atomic mass is 10.0.